The van der Waals surface area contributed by atoms with Crippen molar-refractivity contribution in [2.75, 3.05) is 30.8 Å². The molecule has 1 fully saturated rings. The van der Waals surface area contributed by atoms with Crippen LogP contribution in [0.25, 0.3) is 0 Å². The number of benzene rings is 1. The number of nitrogens with one attached hydrogen (secondary N) is 2. The minimum absolute atomic E-state index is 0.135. The van der Waals surface area contributed by atoms with Gasteiger partial charge in [0.1, 0.15) is 5.75 Å². The summed E-state index contributed by atoms with van der Waals surface area (Å²) in [6.45, 7) is 3.73. The van der Waals surface area contributed by atoms with Gasteiger partial charge in [0.05, 0.1) is 19.1 Å². The van der Waals surface area contributed by atoms with Crippen LogP contribution in [0.4, 0.5) is 16.2 Å². The second-order valence-corrected chi connectivity index (χ2v) is 6.74. The number of amides is 3. The molecule has 8 heteroatoms. The lowest BCUT2D eigenvalue weighted by molar-refractivity contribution is -0.114. The smallest absolute Gasteiger partial charge is 0.321 e. The third kappa shape index (κ3) is 4.99. The number of piperidine rings is 1. The summed E-state index contributed by atoms with van der Waals surface area (Å²) in [6, 6.07) is 5.04. The lowest BCUT2D eigenvalue weighted by Crippen LogP contribution is -2.43. The maximum atomic E-state index is 12.7. The zero-order chi connectivity index (χ0) is 19.2. The number of imidazole rings is 1. The van der Waals surface area contributed by atoms with Gasteiger partial charge in [-0.05, 0) is 37.0 Å². The number of hydrogen-bond acceptors (Lipinski definition) is 4. The number of rotatable bonds is 5. The Morgan fingerprint density at radius 2 is 2.19 bits per heavy atom. The Bertz CT molecular complexity index is 791. The van der Waals surface area contributed by atoms with Gasteiger partial charge < -0.3 is 24.8 Å². The lowest BCUT2D eigenvalue weighted by atomic mass is 9.98. The van der Waals surface area contributed by atoms with Crippen LogP contribution >= 0.6 is 0 Å². The molecule has 2 aromatic rings. The molecule has 0 saturated carbocycles. The van der Waals surface area contributed by atoms with E-state index in [-0.39, 0.29) is 11.9 Å². The number of ether oxygens (including phenoxy) is 1. The summed E-state index contributed by atoms with van der Waals surface area (Å²) in [6.07, 6.45) is 7.59. The first kappa shape index (κ1) is 18.8. The summed E-state index contributed by atoms with van der Waals surface area (Å²) in [7, 11) is 1.53. The number of methoxy groups -OCH3 is 1. The first-order valence-electron chi connectivity index (χ1n) is 9.02. The van der Waals surface area contributed by atoms with Gasteiger partial charge in [0, 0.05) is 44.6 Å². The second kappa shape index (κ2) is 8.57. The van der Waals surface area contributed by atoms with E-state index in [1.807, 2.05) is 11.1 Å². The fourth-order valence-electron chi connectivity index (χ4n) is 3.37. The van der Waals surface area contributed by atoms with E-state index in [0.717, 1.165) is 25.9 Å². The van der Waals surface area contributed by atoms with Crippen LogP contribution in [0, 0.1) is 5.92 Å². The molecule has 8 nitrogen and oxygen atoms in total. The first-order valence-corrected chi connectivity index (χ1v) is 9.02. The number of hydrogen-bond donors (Lipinski definition) is 2. The maximum absolute atomic E-state index is 12.7. The SMILES string of the molecule is COc1ccc(NC(=O)N2CCC[C@@H](Cn3ccnc3)C2)cc1NC(C)=O. The third-order valence-corrected chi connectivity index (χ3v) is 4.60. The number of anilines is 2. The fraction of sp³-hybridized carbons (Fsp3) is 0.421. The van der Waals surface area contributed by atoms with Gasteiger partial charge in [0.25, 0.3) is 0 Å². The van der Waals surface area contributed by atoms with Crippen LogP contribution in [0.15, 0.2) is 36.9 Å². The van der Waals surface area contributed by atoms with Crippen LogP contribution in [0.1, 0.15) is 19.8 Å². The van der Waals surface area contributed by atoms with E-state index in [1.54, 1.807) is 30.7 Å². The summed E-state index contributed by atoms with van der Waals surface area (Å²) >= 11 is 0. The van der Waals surface area contributed by atoms with Gasteiger partial charge in [-0.15, -0.1) is 0 Å². The lowest BCUT2D eigenvalue weighted by Gasteiger charge is -2.33. The number of likely N-dealkylation sites (tertiary alicyclic amines) is 1. The van der Waals surface area contributed by atoms with E-state index in [2.05, 4.69) is 20.2 Å². The van der Waals surface area contributed by atoms with Gasteiger partial charge in [-0.1, -0.05) is 0 Å². The summed E-state index contributed by atoms with van der Waals surface area (Å²) in [4.78, 5) is 30.0. The molecule has 0 aliphatic carbocycles. The highest BCUT2D eigenvalue weighted by molar-refractivity contribution is 5.94. The molecule has 1 saturated heterocycles. The predicted octanol–water partition coefficient (Wildman–Crippen LogP) is 2.79. The van der Waals surface area contributed by atoms with Gasteiger partial charge in [-0.2, -0.15) is 0 Å². The maximum Gasteiger partial charge on any atom is 0.321 e. The van der Waals surface area contributed by atoms with Crippen molar-refractivity contribution in [1.29, 1.82) is 0 Å². The first-order chi connectivity index (χ1) is 13.0. The van der Waals surface area contributed by atoms with Crippen molar-refractivity contribution in [1.82, 2.24) is 14.5 Å². The van der Waals surface area contributed by atoms with Gasteiger partial charge >= 0.3 is 6.03 Å². The van der Waals surface area contributed by atoms with Gasteiger partial charge in [-0.25, -0.2) is 9.78 Å². The monoisotopic (exact) mass is 371 g/mol. The van der Waals surface area contributed by atoms with E-state index in [1.165, 1.54) is 14.0 Å². The molecule has 1 aliphatic heterocycles. The summed E-state index contributed by atoms with van der Waals surface area (Å²) in [5.74, 6) is 0.751. The Morgan fingerprint density at radius 3 is 2.89 bits per heavy atom. The van der Waals surface area contributed by atoms with E-state index in [9.17, 15) is 9.59 Å². The van der Waals surface area contributed by atoms with Crippen molar-refractivity contribution in [3.63, 3.8) is 0 Å². The Balaban J connectivity index is 1.63. The van der Waals surface area contributed by atoms with Crippen molar-refractivity contribution in [3.8, 4) is 5.75 Å². The van der Waals surface area contributed by atoms with E-state index >= 15 is 0 Å². The molecule has 0 radical (unpaired) electrons. The number of urea groups is 1. The molecule has 0 unspecified atom stereocenters. The zero-order valence-electron chi connectivity index (χ0n) is 15.6. The van der Waals surface area contributed by atoms with Gasteiger partial charge in [0.15, 0.2) is 0 Å². The fourth-order valence-corrected chi connectivity index (χ4v) is 3.37. The van der Waals surface area contributed by atoms with Crippen molar-refractivity contribution in [2.45, 2.75) is 26.3 Å². The summed E-state index contributed by atoms with van der Waals surface area (Å²) < 4.78 is 7.29. The highest BCUT2D eigenvalue weighted by Gasteiger charge is 2.24. The number of carbonyl (C=O) groups is 2. The Morgan fingerprint density at radius 1 is 1.33 bits per heavy atom. The highest BCUT2D eigenvalue weighted by atomic mass is 16.5. The van der Waals surface area contributed by atoms with E-state index in [0.29, 0.717) is 29.6 Å². The van der Waals surface area contributed by atoms with Crippen molar-refractivity contribution in [3.05, 3.63) is 36.9 Å². The van der Waals surface area contributed by atoms with Crippen LogP contribution in [-0.4, -0.2) is 46.6 Å². The van der Waals surface area contributed by atoms with Crippen LogP contribution < -0.4 is 15.4 Å². The minimum Gasteiger partial charge on any atom is -0.495 e. The summed E-state index contributed by atoms with van der Waals surface area (Å²) in [5, 5.41) is 5.63. The van der Waals surface area contributed by atoms with Gasteiger partial charge in [0.2, 0.25) is 5.91 Å². The third-order valence-electron chi connectivity index (χ3n) is 4.60. The van der Waals surface area contributed by atoms with E-state index in [4.69, 9.17) is 4.74 Å². The van der Waals surface area contributed by atoms with Crippen LogP contribution in [-0.2, 0) is 11.3 Å². The zero-order valence-corrected chi connectivity index (χ0v) is 15.6. The second-order valence-electron chi connectivity index (χ2n) is 6.74. The average molecular weight is 371 g/mol. The molecule has 1 aromatic heterocycles. The normalized spacial score (nSPS) is 16.7. The molecule has 3 amide bonds. The molecule has 1 atom stereocenters. The molecule has 1 aliphatic rings. The average Bonchev–Trinajstić information content (AvgIpc) is 3.15. The van der Waals surface area contributed by atoms with Crippen LogP contribution in [0.3, 0.4) is 0 Å². The Kier molecular flexibility index (Phi) is 5.95. The molecule has 2 heterocycles. The van der Waals surface area contributed by atoms with Crippen LogP contribution in [0.2, 0.25) is 0 Å². The molecular formula is C19H25N5O3. The van der Waals surface area contributed by atoms with E-state index < -0.39 is 0 Å². The van der Waals surface area contributed by atoms with Crippen molar-refractivity contribution < 1.29 is 14.3 Å². The quantitative estimate of drug-likeness (QED) is 0.846. The minimum atomic E-state index is -0.199. The van der Waals surface area contributed by atoms with Crippen molar-refractivity contribution >= 4 is 23.3 Å². The largest absolute Gasteiger partial charge is 0.495 e. The molecule has 27 heavy (non-hydrogen) atoms. The molecule has 2 N–H and O–H groups in total. The number of nitrogens with zero attached hydrogens (tertiary/aromatic N) is 3. The topological polar surface area (TPSA) is 88.5 Å². The highest BCUT2D eigenvalue weighted by Crippen LogP contribution is 2.28. The number of carbonyl (C=O) groups excluding carboxylic acids is 2. The summed E-state index contributed by atoms with van der Waals surface area (Å²) in [5.41, 5.74) is 1.14. The standard InChI is InChI=1S/C19H25N5O3/c1-14(25)21-17-10-16(5-6-18(17)27-2)22-19(26)24-8-3-4-15(12-24)11-23-9-7-20-13-23/h5-7,9-10,13,15H,3-4,8,11-12H2,1-2H3,(H,21,25)(H,22,26)/t15-/m0/s1. The molecular weight excluding hydrogens is 346 g/mol. The van der Waals surface area contributed by atoms with Crippen LogP contribution in [0.5, 0.6) is 5.75 Å². The predicted molar refractivity (Wildman–Crippen MR) is 103 cm³/mol. The molecule has 0 bridgehead atoms. The van der Waals surface area contributed by atoms with Crippen molar-refractivity contribution in [2.24, 2.45) is 5.92 Å². The molecule has 144 valence electrons. The molecule has 1 aromatic carbocycles. The molecule has 0 spiro atoms. The number of aromatic nitrogens is 2. The van der Waals surface area contributed by atoms with Gasteiger partial charge in [-0.3, -0.25) is 4.79 Å². The Hall–Kier alpha value is -3.03. The molecule has 3 rings (SSSR count). The Labute approximate surface area is 158 Å².